The van der Waals surface area contributed by atoms with Gasteiger partial charge in [-0.25, -0.2) is 0 Å². The van der Waals surface area contributed by atoms with Crippen molar-refractivity contribution in [3.8, 4) is 0 Å². The van der Waals surface area contributed by atoms with Crippen LogP contribution < -0.4 is 5.56 Å². The van der Waals surface area contributed by atoms with E-state index in [-0.39, 0.29) is 5.56 Å². The average Bonchev–Trinajstić information content (AvgIpc) is 3.17. The Hall–Kier alpha value is -1.90. The Balaban J connectivity index is 1.58. The van der Waals surface area contributed by atoms with Crippen molar-refractivity contribution in [2.45, 2.75) is 57.8 Å². The number of piperidine rings is 1. The quantitative estimate of drug-likeness (QED) is 0.539. The SMILES string of the molecule is CC(C)CCn1c(=O)c2ccccc2n2c(SCC(O)CN3CCC(C)CC3)nnc12. The van der Waals surface area contributed by atoms with Crippen LogP contribution in [0.2, 0.25) is 0 Å². The zero-order valence-corrected chi connectivity index (χ0v) is 19.5. The molecule has 31 heavy (non-hydrogen) atoms. The average molecular weight is 444 g/mol. The van der Waals surface area contributed by atoms with Gasteiger partial charge in [-0.05, 0) is 56.3 Å². The van der Waals surface area contributed by atoms with E-state index < -0.39 is 6.10 Å². The summed E-state index contributed by atoms with van der Waals surface area (Å²) in [6.07, 6.45) is 2.88. The van der Waals surface area contributed by atoms with Crippen molar-refractivity contribution in [2.75, 3.05) is 25.4 Å². The molecule has 3 aromatic rings. The second kappa shape index (κ2) is 9.71. The van der Waals surface area contributed by atoms with Crippen LogP contribution in [0.15, 0.2) is 34.2 Å². The number of aryl methyl sites for hydroxylation is 1. The van der Waals surface area contributed by atoms with Gasteiger partial charge < -0.3 is 10.0 Å². The lowest BCUT2D eigenvalue weighted by Gasteiger charge is -2.31. The summed E-state index contributed by atoms with van der Waals surface area (Å²) < 4.78 is 3.71. The summed E-state index contributed by atoms with van der Waals surface area (Å²) >= 11 is 1.50. The number of hydrogen-bond acceptors (Lipinski definition) is 6. The van der Waals surface area contributed by atoms with Crippen LogP contribution >= 0.6 is 11.8 Å². The molecule has 168 valence electrons. The predicted molar refractivity (Wildman–Crippen MR) is 126 cm³/mol. The highest BCUT2D eigenvalue weighted by atomic mass is 32.2. The Morgan fingerprint density at radius 1 is 1.19 bits per heavy atom. The van der Waals surface area contributed by atoms with E-state index in [4.69, 9.17) is 0 Å². The molecular weight excluding hydrogens is 410 g/mol. The van der Waals surface area contributed by atoms with Crippen molar-refractivity contribution in [3.63, 3.8) is 0 Å². The highest BCUT2D eigenvalue weighted by Crippen LogP contribution is 2.23. The van der Waals surface area contributed by atoms with Gasteiger partial charge in [0.1, 0.15) is 0 Å². The molecule has 0 bridgehead atoms. The summed E-state index contributed by atoms with van der Waals surface area (Å²) in [5.74, 6) is 2.40. The molecule has 0 radical (unpaired) electrons. The minimum absolute atomic E-state index is 0.0212. The minimum Gasteiger partial charge on any atom is -0.391 e. The van der Waals surface area contributed by atoms with Gasteiger partial charge in [0, 0.05) is 18.8 Å². The number of aliphatic hydroxyl groups is 1. The Kier molecular flexibility index (Phi) is 6.99. The lowest BCUT2D eigenvalue weighted by molar-refractivity contribution is 0.105. The fourth-order valence-electron chi connectivity index (χ4n) is 4.18. The number of fused-ring (bicyclic) bond motifs is 3. The first-order valence-corrected chi connectivity index (χ1v) is 12.3. The summed E-state index contributed by atoms with van der Waals surface area (Å²) in [7, 11) is 0. The van der Waals surface area contributed by atoms with E-state index in [0.717, 1.165) is 36.1 Å². The Morgan fingerprint density at radius 2 is 1.94 bits per heavy atom. The van der Waals surface area contributed by atoms with Crippen LogP contribution in [0.3, 0.4) is 0 Å². The zero-order chi connectivity index (χ0) is 22.0. The van der Waals surface area contributed by atoms with Crippen LogP contribution in [0.5, 0.6) is 0 Å². The third-order valence-electron chi connectivity index (χ3n) is 6.16. The number of likely N-dealkylation sites (tertiary alicyclic amines) is 1. The lowest BCUT2D eigenvalue weighted by Crippen LogP contribution is -2.39. The molecule has 1 aromatic carbocycles. The summed E-state index contributed by atoms with van der Waals surface area (Å²) in [5, 5.41) is 20.8. The highest BCUT2D eigenvalue weighted by molar-refractivity contribution is 7.99. The number of hydrogen-bond donors (Lipinski definition) is 1. The Morgan fingerprint density at radius 3 is 2.68 bits per heavy atom. The lowest BCUT2D eigenvalue weighted by atomic mass is 9.99. The molecular formula is C23H33N5O2S. The number of rotatable bonds is 8. The standard InChI is InChI=1S/C23H33N5O2S/c1-16(2)8-13-27-21(30)19-6-4-5-7-20(19)28-22(27)24-25-23(28)31-15-18(29)14-26-11-9-17(3)10-12-26/h4-7,16-18,29H,8-15H2,1-3H3. The van der Waals surface area contributed by atoms with Crippen LogP contribution in [-0.4, -0.2) is 60.7 Å². The number of aliphatic hydroxyl groups excluding tert-OH is 1. The third-order valence-corrected chi connectivity index (χ3v) is 7.23. The van der Waals surface area contributed by atoms with Gasteiger partial charge in [0.2, 0.25) is 5.78 Å². The maximum atomic E-state index is 13.1. The van der Waals surface area contributed by atoms with E-state index in [1.807, 2.05) is 28.7 Å². The topological polar surface area (TPSA) is 75.7 Å². The summed E-state index contributed by atoms with van der Waals surface area (Å²) in [4.78, 5) is 15.5. The molecule has 0 aliphatic carbocycles. The molecule has 8 heteroatoms. The number of aromatic nitrogens is 4. The second-order valence-corrected chi connectivity index (χ2v) is 10.2. The maximum absolute atomic E-state index is 13.1. The highest BCUT2D eigenvalue weighted by Gasteiger charge is 2.21. The molecule has 0 saturated carbocycles. The summed E-state index contributed by atoms with van der Waals surface area (Å²) in [6, 6.07) is 7.63. The van der Waals surface area contributed by atoms with Gasteiger partial charge in [0.15, 0.2) is 5.16 Å². The largest absolute Gasteiger partial charge is 0.391 e. The zero-order valence-electron chi connectivity index (χ0n) is 18.7. The molecule has 1 fully saturated rings. The van der Waals surface area contributed by atoms with Gasteiger partial charge in [-0.1, -0.05) is 44.7 Å². The Labute approximate surface area is 187 Å². The number of β-amino-alcohol motifs (C(OH)–C–C–N with tert-alkyl or cyclic N) is 1. The first kappa shape index (κ1) is 22.3. The van der Waals surface area contributed by atoms with E-state index in [1.165, 1.54) is 24.6 Å². The first-order chi connectivity index (χ1) is 14.9. The van der Waals surface area contributed by atoms with Gasteiger partial charge in [-0.3, -0.25) is 13.8 Å². The maximum Gasteiger partial charge on any atom is 0.262 e. The molecule has 4 rings (SSSR count). The molecule has 1 atom stereocenters. The second-order valence-electron chi connectivity index (χ2n) is 9.22. The van der Waals surface area contributed by atoms with E-state index in [9.17, 15) is 9.90 Å². The van der Waals surface area contributed by atoms with Crippen LogP contribution in [0.4, 0.5) is 0 Å². The van der Waals surface area contributed by atoms with Crippen LogP contribution in [0.1, 0.15) is 40.0 Å². The molecule has 0 amide bonds. The van der Waals surface area contributed by atoms with Gasteiger partial charge in [0.25, 0.3) is 5.56 Å². The van der Waals surface area contributed by atoms with Crippen molar-refractivity contribution in [3.05, 3.63) is 34.6 Å². The van der Waals surface area contributed by atoms with Crippen LogP contribution in [0, 0.1) is 11.8 Å². The van der Waals surface area contributed by atoms with E-state index in [0.29, 0.717) is 35.9 Å². The molecule has 1 saturated heterocycles. The molecule has 1 unspecified atom stereocenters. The normalized spacial score (nSPS) is 17.2. The minimum atomic E-state index is -0.427. The predicted octanol–water partition coefficient (Wildman–Crippen LogP) is 3.28. The van der Waals surface area contributed by atoms with E-state index in [1.54, 1.807) is 4.57 Å². The van der Waals surface area contributed by atoms with Crippen molar-refractivity contribution in [2.24, 2.45) is 11.8 Å². The Bertz CT molecular complexity index is 1080. The monoisotopic (exact) mass is 443 g/mol. The molecule has 1 aliphatic heterocycles. The van der Waals surface area contributed by atoms with Crippen molar-refractivity contribution in [1.29, 1.82) is 0 Å². The van der Waals surface area contributed by atoms with Crippen molar-refractivity contribution < 1.29 is 5.11 Å². The van der Waals surface area contributed by atoms with E-state index in [2.05, 4.69) is 35.9 Å². The molecule has 1 N–H and O–H groups in total. The van der Waals surface area contributed by atoms with Crippen molar-refractivity contribution in [1.82, 2.24) is 24.1 Å². The van der Waals surface area contributed by atoms with Gasteiger partial charge >= 0.3 is 0 Å². The molecule has 1 aliphatic rings. The molecule has 0 spiro atoms. The number of nitrogens with zero attached hydrogens (tertiary/aromatic N) is 5. The van der Waals surface area contributed by atoms with Gasteiger partial charge in [-0.15, -0.1) is 10.2 Å². The first-order valence-electron chi connectivity index (χ1n) is 11.3. The smallest absolute Gasteiger partial charge is 0.262 e. The van der Waals surface area contributed by atoms with Gasteiger partial charge in [-0.2, -0.15) is 0 Å². The third kappa shape index (κ3) is 4.96. The van der Waals surface area contributed by atoms with Gasteiger partial charge in [0.05, 0.1) is 17.0 Å². The number of benzene rings is 1. The fourth-order valence-corrected chi connectivity index (χ4v) is 5.04. The molecule has 3 heterocycles. The summed E-state index contributed by atoms with van der Waals surface area (Å²) in [6.45, 7) is 10.0. The number of thioether (sulfide) groups is 1. The van der Waals surface area contributed by atoms with Crippen LogP contribution in [-0.2, 0) is 6.54 Å². The van der Waals surface area contributed by atoms with E-state index >= 15 is 0 Å². The number of para-hydroxylation sites is 1. The van der Waals surface area contributed by atoms with Crippen LogP contribution in [0.25, 0.3) is 16.7 Å². The fraction of sp³-hybridized carbons (Fsp3) is 0.609. The molecule has 2 aromatic heterocycles. The van der Waals surface area contributed by atoms with Crippen molar-refractivity contribution >= 4 is 28.4 Å². The molecule has 7 nitrogen and oxygen atoms in total. The summed E-state index contributed by atoms with van der Waals surface area (Å²) in [5.41, 5.74) is 0.794.